The van der Waals surface area contributed by atoms with E-state index >= 15 is 0 Å². The zero-order chi connectivity index (χ0) is 20.2. The number of carbonyl (C=O) groups excluding carboxylic acids is 2. The average molecular weight is 380 g/mol. The quantitative estimate of drug-likeness (QED) is 0.834. The van der Waals surface area contributed by atoms with Gasteiger partial charge in [-0.05, 0) is 54.4 Å². The van der Waals surface area contributed by atoms with Crippen LogP contribution in [-0.4, -0.2) is 34.4 Å². The van der Waals surface area contributed by atoms with E-state index in [1.807, 2.05) is 0 Å². The van der Waals surface area contributed by atoms with Crippen LogP contribution in [-0.2, 0) is 0 Å². The van der Waals surface area contributed by atoms with E-state index in [-0.39, 0.29) is 28.7 Å². The molecule has 1 saturated carbocycles. The summed E-state index contributed by atoms with van der Waals surface area (Å²) >= 11 is 0. The van der Waals surface area contributed by atoms with Crippen molar-refractivity contribution >= 4 is 11.8 Å². The van der Waals surface area contributed by atoms with Gasteiger partial charge in [0.2, 0.25) is 0 Å². The molecular formula is C22H28N4O2. The average Bonchev–Trinajstić information content (AvgIpc) is 2.66. The minimum absolute atomic E-state index is 0.0525. The maximum absolute atomic E-state index is 12.6. The Labute approximate surface area is 166 Å². The molecule has 0 aliphatic heterocycles. The summed E-state index contributed by atoms with van der Waals surface area (Å²) in [6, 6.07) is 7.09. The highest BCUT2D eigenvalue weighted by atomic mass is 16.2. The fourth-order valence-electron chi connectivity index (χ4n) is 4.53. The van der Waals surface area contributed by atoms with Crippen molar-refractivity contribution in [3.05, 3.63) is 60.2 Å². The second-order valence-corrected chi connectivity index (χ2v) is 8.90. The Kier molecular flexibility index (Phi) is 5.77. The molecule has 3 rings (SSSR count). The van der Waals surface area contributed by atoms with Crippen LogP contribution in [0.1, 0.15) is 60.7 Å². The molecule has 2 amide bonds. The summed E-state index contributed by atoms with van der Waals surface area (Å²) < 4.78 is 0. The van der Waals surface area contributed by atoms with E-state index in [1.54, 1.807) is 49.1 Å². The minimum atomic E-state index is -0.117. The maximum Gasteiger partial charge on any atom is 0.253 e. The zero-order valence-corrected chi connectivity index (χ0v) is 16.7. The number of nitrogens with zero attached hydrogens (tertiary/aromatic N) is 2. The largest absolute Gasteiger partial charge is 0.351 e. The molecule has 2 heterocycles. The first kappa shape index (κ1) is 20.0. The summed E-state index contributed by atoms with van der Waals surface area (Å²) in [6.07, 6.45) is 9.16. The highest BCUT2D eigenvalue weighted by Crippen LogP contribution is 2.45. The van der Waals surface area contributed by atoms with Crippen LogP contribution in [0, 0.1) is 10.8 Å². The molecule has 0 bridgehead atoms. The van der Waals surface area contributed by atoms with Gasteiger partial charge in [-0.2, -0.15) is 0 Å². The second kappa shape index (κ2) is 8.09. The van der Waals surface area contributed by atoms with Gasteiger partial charge in [-0.15, -0.1) is 0 Å². The molecule has 2 N–H and O–H groups in total. The van der Waals surface area contributed by atoms with Crippen LogP contribution >= 0.6 is 0 Å². The molecule has 0 saturated heterocycles. The lowest BCUT2D eigenvalue weighted by atomic mass is 9.62. The first-order chi connectivity index (χ1) is 13.3. The topological polar surface area (TPSA) is 84.0 Å². The minimum Gasteiger partial charge on any atom is -0.351 e. The number of carbonyl (C=O) groups is 2. The van der Waals surface area contributed by atoms with Gasteiger partial charge in [-0.3, -0.25) is 19.6 Å². The van der Waals surface area contributed by atoms with E-state index in [0.29, 0.717) is 17.7 Å². The summed E-state index contributed by atoms with van der Waals surface area (Å²) in [5, 5.41) is 6.21. The summed E-state index contributed by atoms with van der Waals surface area (Å²) in [5.74, 6) is -0.216. The third kappa shape index (κ3) is 5.15. The highest BCUT2D eigenvalue weighted by Gasteiger charge is 2.41. The van der Waals surface area contributed by atoms with Crippen molar-refractivity contribution in [1.82, 2.24) is 20.6 Å². The number of hydrogen-bond acceptors (Lipinski definition) is 4. The molecule has 2 aromatic rings. The Hall–Kier alpha value is -2.76. The second-order valence-electron chi connectivity index (χ2n) is 8.90. The van der Waals surface area contributed by atoms with E-state index < -0.39 is 0 Å². The molecule has 2 atom stereocenters. The number of pyridine rings is 2. The molecule has 1 fully saturated rings. The van der Waals surface area contributed by atoms with Crippen molar-refractivity contribution in [3.8, 4) is 0 Å². The fraction of sp³-hybridized carbons (Fsp3) is 0.455. The van der Waals surface area contributed by atoms with Gasteiger partial charge in [0.05, 0.1) is 11.1 Å². The third-order valence-corrected chi connectivity index (χ3v) is 5.30. The molecule has 6 heteroatoms. The lowest BCUT2D eigenvalue weighted by molar-refractivity contribution is 0.0592. The molecule has 6 nitrogen and oxygen atoms in total. The lowest BCUT2D eigenvalue weighted by Crippen LogP contribution is -2.50. The van der Waals surface area contributed by atoms with Crippen LogP contribution in [0.4, 0.5) is 0 Å². The first-order valence-electron chi connectivity index (χ1n) is 9.66. The number of aromatic nitrogens is 2. The summed E-state index contributed by atoms with van der Waals surface area (Å²) in [5.41, 5.74) is 1.09. The van der Waals surface area contributed by atoms with Crippen molar-refractivity contribution in [2.24, 2.45) is 10.8 Å². The van der Waals surface area contributed by atoms with Crippen LogP contribution in [0.2, 0.25) is 0 Å². The number of amides is 2. The molecule has 148 valence electrons. The first-order valence-corrected chi connectivity index (χ1v) is 9.66. The third-order valence-electron chi connectivity index (χ3n) is 5.30. The molecule has 2 aromatic heterocycles. The molecule has 1 aliphatic carbocycles. The van der Waals surface area contributed by atoms with Gasteiger partial charge in [0, 0.05) is 37.4 Å². The van der Waals surface area contributed by atoms with Gasteiger partial charge in [-0.1, -0.05) is 20.8 Å². The summed E-state index contributed by atoms with van der Waals surface area (Å²) in [6.45, 7) is 7.18. The van der Waals surface area contributed by atoms with Crippen LogP contribution in [0.25, 0.3) is 0 Å². The Bertz CT molecular complexity index is 823. The Morgan fingerprint density at radius 1 is 1.00 bits per heavy atom. The van der Waals surface area contributed by atoms with Crippen LogP contribution < -0.4 is 10.6 Å². The van der Waals surface area contributed by atoms with Gasteiger partial charge >= 0.3 is 0 Å². The van der Waals surface area contributed by atoms with E-state index in [0.717, 1.165) is 19.3 Å². The lowest BCUT2D eigenvalue weighted by Gasteiger charge is -2.47. The van der Waals surface area contributed by atoms with E-state index in [9.17, 15) is 9.59 Å². The van der Waals surface area contributed by atoms with Crippen LogP contribution in [0.15, 0.2) is 49.1 Å². The van der Waals surface area contributed by atoms with Gasteiger partial charge in [-0.25, -0.2) is 0 Å². The van der Waals surface area contributed by atoms with Crippen molar-refractivity contribution < 1.29 is 9.59 Å². The van der Waals surface area contributed by atoms with Crippen molar-refractivity contribution in [1.29, 1.82) is 0 Å². The van der Waals surface area contributed by atoms with Crippen LogP contribution in [0.3, 0.4) is 0 Å². The van der Waals surface area contributed by atoms with Gasteiger partial charge in [0.1, 0.15) is 0 Å². The predicted molar refractivity (Wildman–Crippen MR) is 108 cm³/mol. The predicted octanol–water partition coefficient (Wildman–Crippen LogP) is 3.22. The van der Waals surface area contributed by atoms with Gasteiger partial charge in [0.25, 0.3) is 11.8 Å². The molecule has 28 heavy (non-hydrogen) atoms. The highest BCUT2D eigenvalue weighted by molar-refractivity contribution is 5.94. The number of nitrogens with one attached hydrogen (secondary N) is 2. The zero-order valence-electron chi connectivity index (χ0n) is 16.7. The molecule has 0 spiro atoms. The smallest absolute Gasteiger partial charge is 0.253 e. The SMILES string of the molecule is CC1(C)C[C@@H](NC(=O)c2cccnc2)C[C@](C)(CNC(=O)c2cccnc2)C1. The molecule has 0 radical (unpaired) electrons. The van der Waals surface area contributed by atoms with E-state index in [1.165, 1.54) is 0 Å². The standard InChI is InChI=1S/C22H28N4O2/c1-21(2)10-18(26-20(28)17-7-5-9-24-13-17)11-22(3,14-21)15-25-19(27)16-6-4-8-23-12-16/h4-9,12-13,18H,10-11,14-15H2,1-3H3,(H,25,27)(H,26,28)/t18-,22+/m1/s1. The summed E-state index contributed by atoms with van der Waals surface area (Å²) in [7, 11) is 0. The molecular weight excluding hydrogens is 352 g/mol. The van der Waals surface area contributed by atoms with Crippen molar-refractivity contribution in [2.75, 3.05) is 6.54 Å². The monoisotopic (exact) mass is 380 g/mol. The van der Waals surface area contributed by atoms with E-state index in [2.05, 4.69) is 41.4 Å². The molecule has 1 aliphatic rings. The number of hydrogen-bond donors (Lipinski definition) is 2. The van der Waals surface area contributed by atoms with Crippen LogP contribution in [0.5, 0.6) is 0 Å². The Morgan fingerprint density at radius 3 is 2.18 bits per heavy atom. The van der Waals surface area contributed by atoms with Crippen molar-refractivity contribution in [2.45, 2.75) is 46.1 Å². The van der Waals surface area contributed by atoms with Crippen molar-refractivity contribution in [3.63, 3.8) is 0 Å². The Morgan fingerprint density at radius 2 is 1.61 bits per heavy atom. The molecule has 0 aromatic carbocycles. The Balaban J connectivity index is 1.65. The fourth-order valence-corrected chi connectivity index (χ4v) is 4.53. The van der Waals surface area contributed by atoms with Gasteiger partial charge in [0.15, 0.2) is 0 Å². The van der Waals surface area contributed by atoms with Gasteiger partial charge < -0.3 is 10.6 Å². The normalized spacial score (nSPS) is 23.6. The molecule has 0 unspecified atom stereocenters. The maximum atomic E-state index is 12.6. The number of rotatable bonds is 5. The van der Waals surface area contributed by atoms with E-state index in [4.69, 9.17) is 0 Å². The summed E-state index contributed by atoms with van der Waals surface area (Å²) in [4.78, 5) is 33.0.